The van der Waals surface area contributed by atoms with Crippen LogP contribution in [0.3, 0.4) is 0 Å². The molecule has 3 saturated heterocycles. The van der Waals surface area contributed by atoms with Crippen molar-refractivity contribution in [1.82, 2.24) is 10.6 Å². The number of nitrogens with one attached hydrogen (secondary N) is 2. The van der Waals surface area contributed by atoms with Gasteiger partial charge >= 0.3 is 0 Å². The normalized spacial score (nSPS) is 43.1. The van der Waals surface area contributed by atoms with Crippen LogP contribution in [0.5, 0.6) is 0 Å². The fourth-order valence-electron chi connectivity index (χ4n) is 7.68. The lowest BCUT2D eigenvalue weighted by atomic mass is 9.80. The molecule has 314 valence electrons. The smallest absolute Gasteiger partial charge is 0.215 e. The van der Waals surface area contributed by atoms with Gasteiger partial charge in [0.2, 0.25) is 6.29 Å². The average Bonchev–Trinajstić information content (AvgIpc) is 3.42. The number of aliphatic hydroxyl groups excluding tert-OH is 5. The Morgan fingerprint density at radius 1 is 0.870 bits per heavy atom. The van der Waals surface area contributed by atoms with Crippen molar-refractivity contribution in [2.45, 2.75) is 123 Å². The van der Waals surface area contributed by atoms with Crippen molar-refractivity contribution in [3.05, 3.63) is 11.8 Å². The summed E-state index contributed by atoms with van der Waals surface area (Å²) < 4.78 is 61.7. The maximum atomic E-state index is 12.8. The van der Waals surface area contributed by atoms with Gasteiger partial charge < -0.3 is 98.4 Å². The molecule has 0 amide bonds. The van der Waals surface area contributed by atoms with Crippen LogP contribution >= 0.6 is 0 Å². The first kappa shape index (κ1) is 43.9. The summed E-state index contributed by atoms with van der Waals surface area (Å²) in [6.07, 6.45) is -13.0. The van der Waals surface area contributed by atoms with E-state index in [1.54, 1.807) is 6.08 Å². The van der Waals surface area contributed by atoms with Crippen molar-refractivity contribution in [2.75, 3.05) is 57.4 Å². The van der Waals surface area contributed by atoms with Crippen LogP contribution < -0.4 is 39.3 Å². The second-order valence-corrected chi connectivity index (χ2v) is 17.3. The van der Waals surface area contributed by atoms with Crippen molar-refractivity contribution < 1.29 is 67.5 Å². The van der Waals surface area contributed by atoms with E-state index in [2.05, 4.69) is 10.6 Å². The highest BCUT2D eigenvalue weighted by Crippen LogP contribution is 2.36. The summed E-state index contributed by atoms with van der Waals surface area (Å²) in [6, 6.07) is -2.88. The highest BCUT2D eigenvalue weighted by Gasteiger charge is 2.54. The number of hydrogen-bond donors (Lipinski definition) is 13. The van der Waals surface area contributed by atoms with Gasteiger partial charge in [-0.15, -0.1) is 0 Å². The molecule has 18 N–H and O–H groups in total. The Morgan fingerprint density at radius 3 is 2.20 bits per heavy atom. The standard InChI is InChI=1S/C32H61N7O14S/c33-5-8-54(46,47)13-15-9-18(36)26(51-29-17(35)2-1-16(48-29)11-39-14-32(45)3-6-38-7-4-32)28(22(15)41)53-31-25(44)27(20(12-40)50-31)52-30-21(37)24(43)23(42)19(10-34)49-30/h1,15,17-31,38-45H,2-14,33-37H2/t15-,17+,18-,19-,20+,21+,22-,23+,24+,25+,26+,27+,28+,29+,30+,31-/m0/s1. The van der Waals surface area contributed by atoms with Crippen molar-refractivity contribution in [3.63, 3.8) is 0 Å². The summed E-state index contributed by atoms with van der Waals surface area (Å²) in [5.74, 6) is -1.20. The summed E-state index contributed by atoms with van der Waals surface area (Å²) >= 11 is 0. The molecule has 0 spiro atoms. The van der Waals surface area contributed by atoms with Crippen LogP contribution in [0.2, 0.25) is 0 Å². The van der Waals surface area contributed by atoms with Gasteiger partial charge in [0.1, 0.15) is 54.6 Å². The summed E-state index contributed by atoms with van der Waals surface area (Å²) in [5.41, 5.74) is 29.4. The van der Waals surface area contributed by atoms with Crippen LogP contribution in [0, 0.1) is 5.92 Å². The van der Waals surface area contributed by atoms with Gasteiger partial charge in [-0.1, -0.05) is 0 Å². The van der Waals surface area contributed by atoms with E-state index in [1.807, 2.05) is 0 Å². The number of sulfone groups is 1. The lowest BCUT2D eigenvalue weighted by molar-refractivity contribution is -0.283. The average molecular weight is 800 g/mol. The Morgan fingerprint density at radius 2 is 1.54 bits per heavy atom. The second-order valence-electron chi connectivity index (χ2n) is 15.0. The molecule has 4 heterocycles. The predicted molar refractivity (Wildman–Crippen MR) is 189 cm³/mol. The van der Waals surface area contributed by atoms with E-state index in [0.29, 0.717) is 44.7 Å². The molecule has 1 aliphatic carbocycles. The SMILES string of the molecule is NCCS(=O)(=O)C[C@@H]1C[C@H](N)[C@@H](O[C@H]2OC(CNCC3(O)CCNCC3)=CC[C@H]2N)[C@H](O[C@@H]2O[C@H](CO)[C@@H](O[C@H]3O[C@@H](CN)[C@@H](O)[C@H](O)[C@H]3N)[C@H]2O)[C@H]1O. The minimum atomic E-state index is -3.71. The third-order valence-electron chi connectivity index (χ3n) is 10.9. The maximum Gasteiger partial charge on any atom is 0.215 e. The quantitative estimate of drug-likeness (QED) is 0.0689. The summed E-state index contributed by atoms with van der Waals surface area (Å²) in [7, 11) is -3.71. The topological polar surface area (TPSA) is 365 Å². The van der Waals surface area contributed by atoms with Crippen LogP contribution in [0.25, 0.3) is 0 Å². The number of piperidine rings is 1. The molecule has 0 bridgehead atoms. The van der Waals surface area contributed by atoms with Crippen LogP contribution in [0.4, 0.5) is 0 Å². The van der Waals surface area contributed by atoms with E-state index in [4.69, 9.17) is 57.1 Å². The largest absolute Gasteiger partial charge is 0.467 e. The molecule has 5 aliphatic rings. The summed E-state index contributed by atoms with van der Waals surface area (Å²) in [5, 5.41) is 71.3. The van der Waals surface area contributed by atoms with Crippen LogP contribution in [-0.4, -0.2) is 194 Å². The van der Waals surface area contributed by atoms with Gasteiger partial charge in [0, 0.05) is 31.6 Å². The van der Waals surface area contributed by atoms with Crippen LogP contribution in [0.1, 0.15) is 25.7 Å². The van der Waals surface area contributed by atoms with Gasteiger partial charge in [0.05, 0.1) is 48.4 Å². The Hall–Kier alpha value is -1.23. The first-order valence-electron chi connectivity index (χ1n) is 18.6. The monoisotopic (exact) mass is 799 g/mol. The van der Waals surface area contributed by atoms with Crippen molar-refractivity contribution in [1.29, 1.82) is 0 Å². The molecule has 0 aromatic heterocycles. The number of aliphatic hydroxyl groups is 6. The third kappa shape index (κ3) is 10.4. The second kappa shape index (κ2) is 19.0. The maximum absolute atomic E-state index is 12.8. The molecule has 21 nitrogen and oxygen atoms in total. The van der Waals surface area contributed by atoms with Gasteiger partial charge in [-0.05, 0) is 44.8 Å². The summed E-state index contributed by atoms with van der Waals surface area (Å²) in [4.78, 5) is 0. The van der Waals surface area contributed by atoms with E-state index in [0.717, 1.165) is 0 Å². The molecule has 16 atom stereocenters. The molecule has 0 aromatic carbocycles. The number of rotatable bonds is 16. The highest BCUT2D eigenvalue weighted by atomic mass is 32.2. The first-order chi connectivity index (χ1) is 25.6. The van der Waals surface area contributed by atoms with Crippen molar-refractivity contribution in [3.8, 4) is 0 Å². The van der Waals surface area contributed by atoms with E-state index in [9.17, 15) is 39.1 Å². The zero-order valence-electron chi connectivity index (χ0n) is 30.3. The zero-order chi connectivity index (χ0) is 39.4. The number of nitrogens with two attached hydrogens (primary N) is 5. The third-order valence-corrected chi connectivity index (χ3v) is 12.7. The van der Waals surface area contributed by atoms with Gasteiger partial charge in [0.15, 0.2) is 22.4 Å². The molecule has 0 radical (unpaired) electrons. The number of ether oxygens (including phenoxy) is 6. The first-order valence-corrected chi connectivity index (χ1v) is 20.4. The van der Waals surface area contributed by atoms with Crippen molar-refractivity contribution in [2.24, 2.45) is 34.6 Å². The van der Waals surface area contributed by atoms with E-state index in [-0.39, 0.29) is 31.8 Å². The molecule has 5 rings (SSSR count). The highest BCUT2D eigenvalue weighted by molar-refractivity contribution is 7.91. The van der Waals surface area contributed by atoms with Gasteiger partial charge in [-0.25, -0.2) is 8.42 Å². The van der Waals surface area contributed by atoms with E-state index < -0.39 is 126 Å². The fourth-order valence-corrected chi connectivity index (χ4v) is 9.19. The van der Waals surface area contributed by atoms with E-state index in [1.165, 1.54) is 0 Å². The molecule has 1 saturated carbocycles. The Balaban J connectivity index is 1.31. The van der Waals surface area contributed by atoms with Crippen molar-refractivity contribution >= 4 is 9.84 Å². The van der Waals surface area contributed by atoms with Crippen LogP contribution in [-0.2, 0) is 38.3 Å². The molecule has 4 fully saturated rings. The van der Waals surface area contributed by atoms with E-state index >= 15 is 0 Å². The van der Waals surface area contributed by atoms with Crippen LogP contribution in [0.15, 0.2) is 11.8 Å². The molecule has 4 aliphatic heterocycles. The zero-order valence-corrected chi connectivity index (χ0v) is 31.1. The molecule has 0 unspecified atom stereocenters. The predicted octanol–water partition coefficient (Wildman–Crippen LogP) is -7.30. The molecular formula is C32H61N7O14S. The number of hydrogen-bond acceptors (Lipinski definition) is 21. The molecule has 54 heavy (non-hydrogen) atoms. The lowest BCUT2D eigenvalue weighted by Crippen LogP contribution is -2.64. The Bertz CT molecular complexity index is 1330. The fraction of sp³-hybridized carbons (Fsp3) is 0.938. The molecule has 22 heteroatoms. The van der Waals surface area contributed by atoms with Gasteiger partial charge in [-0.2, -0.15) is 0 Å². The molecule has 0 aromatic rings. The summed E-state index contributed by atoms with van der Waals surface area (Å²) in [6.45, 7) is 1.05. The molecular weight excluding hydrogens is 738 g/mol. The Labute approximate surface area is 314 Å². The minimum Gasteiger partial charge on any atom is -0.467 e. The lowest BCUT2D eigenvalue weighted by Gasteiger charge is -2.46. The minimum absolute atomic E-state index is 0.00160. The Kier molecular flexibility index (Phi) is 15.5. The van der Waals surface area contributed by atoms with Gasteiger partial charge in [-0.3, -0.25) is 0 Å². The van der Waals surface area contributed by atoms with Gasteiger partial charge in [0.25, 0.3) is 0 Å².